The largest absolute Gasteiger partial charge is 0.466 e. The highest BCUT2D eigenvalue weighted by molar-refractivity contribution is 5.69. The molecule has 5 heteroatoms. The second kappa shape index (κ2) is 7.63. The van der Waals surface area contributed by atoms with E-state index in [1.165, 1.54) is 0 Å². The Morgan fingerprint density at radius 3 is 2.94 bits per heavy atom. The van der Waals surface area contributed by atoms with Crippen LogP contribution in [0.5, 0.6) is 0 Å². The highest BCUT2D eigenvalue weighted by Crippen LogP contribution is 2.24. The summed E-state index contributed by atoms with van der Waals surface area (Å²) in [5, 5.41) is 22.0. The highest BCUT2D eigenvalue weighted by atomic mass is 16.5. The molecule has 0 radical (unpaired) electrons. The maximum Gasteiger partial charge on any atom is 0.308 e. The molecule has 3 atom stereocenters. The third-order valence-electron chi connectivity index (χ3n) is 3.22. The van der Waals surface area contributed by atoms with E-state index in [2.05, 4.69) is 5.32 Å². The Morgan fingerprint density at radius 1 is 1.53 bits per heavy atom. The van der Waals surface area contributed by atoms with Gasteiger partial charge in [0.05, 0.1) is 19.1 Å². The van der Waals surface area contributed by atoms with Crippen molar-refractivity contribution >= 4 is 5.97 Å². The number of carbonyl (C=O) groups excluding carboxylic acids is 1. The molecule has 0 aliphatic heterocycles. The number of nitrogens with one attached hydrogen (secondary N) is 1. The maximum absolute atomic E-state index is 11.1. The van der Waals surface area contributed by atoms with Crippen molar-refractivity contribution in [3.63, 3.8) is 0 Å². The average Bonchev–Trinajstić information content (AvgIpc) is 2.73. The summed E-state index contributed by atoms with van der Waals surface area (Å²) >= 11 is 0. The van der Waals surface area contributed by atoms with E-state index in [0.717, 1.165) is 19.3 Å². The van der Waals surface area contributed by atoms with Crippen LogP contribution in [0.1, 0.15) is 32.6 Å². The SMILES string of the molecule is CCOC(=O)CC(O)CNC1CCCC1CO. The summed E-state index contributed by atoms with van der Waals surface area (Å²) in [4.78, 5) is 11.1. The Bertz CT molecular complexity index is 235. The molecule has 0 aromatic rings. The normalized spacial score (nSPS) is 25.8. The van der Waals surface area contributed by atoms with Gasteiger partial charge in [0.25, 0.3) is 0 Å². The zero-order valence-corrected chi connectivity index (χ0v) is 10.4. The minimum Gasteiger partial charge on any atom is -0.466 e. The van der Waals surface area contributed by atoms with Crippen LogP contribution in [0.2, 0.25) is 0 Å². The fourth-order valence-electron chi connectivity index (χ4n) is 2.30. The summed E-state index contributed by atoms with van der Waals surface area (Å²) in [6, 6.07) is 0.261. The lowest BCUT2D eigenvalue weighted by Crippen LogP contribution is -2.39. The third-order valence-corrected chi connectivity index (χ3v) is 3.22. The molecular weight excluding hydrogens is 222 g/mol. The van der Waals surface area contributed by atoms with Gasteiger partial charge in [0.1, 0.15) is 0 Å². The zero-order valence-electron chi connectivity index (χ0n) is 10.4. The van der Waals surface area contributed by atoms with Crippen molar-refractivity contribution < 1.29 is 19.7 Å². The first kappa shape index (κ1) is 14.4. The van der Waals surface area contributed by atoms with Crippen LogP contribution in [0.25, 0.3) is 0 Å². The molecule has 5 nitrogen and oxygen atoms in total. The van der Waals surface area contributed by atoms with Gasteiger partial charge >= 0.3 is 5.97 Å². The molecule has 1 aliphatic carbocycles. The van der Waals surface area contributed by atoms with E-state index >= 15 is 0 Å². The molecule has 3 unspecified atom stereocenters. The first-order chi connectivity index (χ1) is 8.17. The van der Waals surface area contributed by atoms with Gasteiger partial charge in [-0.1, -0.05) is 6.42 Å². The fourth-order valence-corrected chi connectivity index (χ4v) is 2.30. The minimum atomic E-state index is -0.714. The topological polar surface area (TPSA) is 78.8 Å². The molecule has 1 fully saturated rings. The van der Waals surface area contributed by atoms with E-state index in [4.69, 9.17) is 9.84 Å². The summed E-state index contributed by atoms with van der Waals surface area (Å²) in [7, 11) is 0. The summed E-state index contributed by atoms with van der Waals surface area (Å²) < 4.78 is 4.76. The van der Waals surface area contributed by atoms with Gasteiger partial charge in [-0.15, -0.1) is 0 Å². The predicted octanol–water partition coefficient (Wildman–Crippen LogP) is 0.0511. The van der Waals surface area contributed by atoms with Gasteiger partial charge in [-0.3, -0.25) is 4.79 Å². The lowest BCUT2D eigenvalue weighted by molar-refractivity contribution is -0.145. The number of hydrogen-bond acceptors (Lipinski definition) is 5. The fraction of sp³-hybridized carbons (Fsp3) is 0.917. The molecule has 0 heterocycles. The minimum absolute atomic E-state index is 0.0252. The molecule has 0 spiro atoms. The van der Waals surface area contributed by atoms with Crippen molar-refractivity contribution in [3.8, 4) is 0 Å². The Morgan fingerprint density at radius 2 is 2.29 bits per heavy atom. The Hall–Kier alpha value is -0.650. The van der Waals surface area contributed by atoms with E-state index < -0.39 is 6.10 Å². The molecule has 0 aromatic carbocycles. The molecule has 0 saturated heterocycles. The first-order valence-electron chi connectivity index (χ1n) is 6.35. The van der Waals surface area contributed by atoms with E-state index in [1.54, 1.807) is 6.92 Å². The summed E-state index contributed by atoms with van der Waals surface area (Å²) in [5.74, 6) is -0.0864. The van der Waals surface area contributed by atoms with E-state index in [1.807, 2.05) is 0 Å². The van der Waals surface area contributed by atoms with Crippen LogP contribution < -0.4 is 5.32 Å². The molecule has 1 aliphatic rings. The van der Waals surface area contributed by atoms with Gasteiger partial charge in [-0.05, 0) is 25.7 Å². The van der Waals surface area contributed by atoms with Crippen LogP contribution in [-0.4, -0.2) is 48.1 Å². The Kier molecular flexibility index (Phi) is 6.47. The molecule has 1 saturated carbocycles. The molecule has 100 valence electrons. The summed E-state index contributed by atoms with van der Waals surface area (Å²) in [5.41, 5.74) is 0. The van der Waals surface area contributed by atoms with Gasteiger partial charge in [0.15, 0.2) is 0 Å². The predicted molar refractivity (Wildman–Crippen MR) is 63.5 cm³/mol. The van der Waals surface area contributed by atoms with Crippen LogP contribution in [0.15, 0.2) is 0 Å². The van der Waals surface area contributed by atoms with Crippen molar-refractivity contribution in [3.05, 3.63) is 0 Å². The summed E-state index contributed by atoms with van der Waals surface area (Å²) in [6.07, 6.45) is 2.47. The summed E-state index contributed by atoms with van der Waals surface area (Å²) in [6.45, 7) is 2.65. The van der Waals surface area contributed by atoms with Gasteiger partial charge in [-0.25, -0.2) is 0 Å². The van der Waals surface area contributed by atoms with Crippen molar-refractivity contribution in [1.29, 1.82) is 0 Å². The lowest BCUT2D eigenvalue weighted by Gasteiger charge is -2.20. The molecule has 0 amide bonds. The molecular formula is C12H23NO4. The first-order valence-corrected chi connectivity index (χ1v) is 6.35. The zero-order chi connectivity index (χ0) is 12.7. The van der Waals surface area contributed by atoms with Gasteiger partial charge in [0.2, 0.25) is 0 Å². The number of rotatable bonds is 7. The van der Waals surface area contributed by atoms with E-state index in [0.29, 0.717) is 13.2 Å². The van der Waals surface area contributed by atoms with Crippen molar-refractivity contribution in [2.45, 2.75) is 44.8 Å². The van der Waals surface area contributed by atoms with E-state index in [9.17, 15) is 9.90 Å². The third kappa shape index (κ3) is 5.02. The molecule has 1 rings (SSSR count). The van der Waals surface area contributed by atoms with Crippen molar-refractivity contribution in [1.82, 2.24) is 5.32 Å². The van der Waals surface area contributed by atoms with Crippen LogP contribution in [0, 0.1) is 5.92 Å². The Balaban J connectivity index is 2.18. The van der Waals surface area contributed by atoms with Crippen LogP contribution in [-0.2, 0) is 9.53 Å². The second-order valence-corrected chi connectivity index (χ2v) is 4.55. The average molecular weight is 245 g/mol. The smallest absolute Gasteiger partial charge is 0.308 e. The van der Waals surface area contributed by atoms with Gasteiger partial charge in [0, 0.05) is 19.2 Å². The Labute approximate surface area is 102 Å². The molecule has 0 aromatic heterocycles. The number of hydrogen-bond donors (Lipinski definition) is 3. The van der Waals surface area contributed by atoms with Crippen molar-refractivity contribution in [2.24, 2.45) is 5.92 Å². The number of aliphatic hydroxyl groups is 2. The van der Waals surface area contributed by atoms with Gasteiger partial charge < -0.3 is 20.3 Å². The number of esters is 1. The monoisotopic (exact) mass is 245 g/mol. The molecule has 0 bridgehead atoms. The van der Waals surface area contributed by atoms with E-state index in [-0.39, 0.29) is 31.0 Å². The van der Waals surface area contributed by atoms with Crippen LogP contribution >= 0.6 is 0 Å². The van der Waals surface area contributed by atoms with Gasteiger partial charge in [-0.2, -0.15) is 0 Å². The van der Waals surface area contributed by atoms with Crippen LogP contribution in [0.4, 0.5) is 0 Å². The maximum atomic E-state index is 11.1. The molecule has 17 heavy (non-hydrogen) atoms. The standard InChI is InChI=1S/C12H23NO4/c1-2-17-12(16)6-10(15)7-13-11-5-3-4-9(11)8-14/h9-11,13-15H,2-8H2,1H3. The lowest BCUT2D eigenvalue weighted by atomic mass is 10.0. The number of carbonyl (C=O) groups is 1. The quantitative estimate of drug-likeness (QED) is 0.552. The van der Waals surface area contributed by atoms with Crippen molar-refractivity contribution in [2.75, 3.05) is 19.8 Å². The highest BCUT2D eigenvalue weighted by Gasteiger charge is 2.26. The molecule has 3 N–H and O–H groups in total. The number of ether oxygens (including phenoxy) is 1. The van der Waals surface area contributed by atoms with Crippen LogP contribution in [0.3, 0.4) is 0 Å². The second-order valence-electron chi connectivity index (χ2n) is 4.55. The number of aliphatic hydroxyl groups excluding tert-OH is 2.